The van der Waals surface area contributed by atoms with Crippen LogP contribution in [0.2, 0.25) is 0 Å². The number of hydrogen-bond acceptors (Lipinski definition) is 6. The number of hydrogen-bond donors (Lipinski definition) is 1. The highest BCUT2D eigenvalue weighted by Gasteiger charge is 2.10. The van der Waals surface area contributed by atoms with Crippen LogP contribution in [0.3, 0.4) is 0 Å². The average Bonchev–Trinajstić information content (AvgIpc) is 2.25. The Balaban J connectivity index is 3.64. The largest absolute Gasteiger partial charge is 0.462 e. The summed E-state index contributed by atoms with van der Waals surface area (Å²) >= 11 is 0. The fraction of sp³-hybridized carbons (Fsp3) is 0.700. The van der Waals surface area contributed by atoms with Gasteiger partial charge in [-0.05, 0) is 19.9 Å². The highest BCUT2D eigenvalue weighted by Crippen LogP contribution is 1.98. The van der Waals surface area contributed by atoms with E-state index in [4.69, 9.17) is 10.5 Å². The van der Waals surface area contributed by atoms with Crippen LogP contribution in [0.15, 0.2) is 12.2 Å². The Morgan fingerprint density at radius 3 is 2.47 bits per heavy atom. The van der Waals surface area contributed by atoms with Crippen LogP contribution in [0.4, 0.5) is 0 Å². The SMILES string of the molecule is C=C(C)C(=O)OCCCOS(=O)(=O)CCCN. The second-order valence-electron chi connectivity index (χ2n) is 3.50. The van der Waals surface area contributed by atoms with E-state index in [0.29, 0.717) is 25.0 Å². The number of ether oxygens (including phenoxy) is 1. The van der Waals surface area contributed by atoms with Gasteiger partial charge in [0.1, 0.15) is 0 Å². The van der Waals surface area contributed by atoms with Crippen molar-refractivity contribution in [2.24, 2.45) is 5.73 Å². The maximum absolute atomic E-state index is 11.2. The first-order chi connectivity index (χ1) is 7.89. The van der Waals surface area contributed by atoms with Crippen LogP contribution in [0.25, 0.3) is 0 Å². The standard InChI is InChI=1S/C10H19NO5S/c1-9(2)10(12)15-6-4-7-16-17(13,14)8-3-5-11/h1,3-8,11H2,2H3. The summed E-state index contributed by atoms with van der Waals surface area (Å²) in [5.74, 6) is -0.578. The summed E-state index contributed by atoms with van der Waals surface area (Å²) in [7, 11) is -3.50. The van der Waals surface area contributed by atoms with Crippen molar-refractivity contribution in [3.63, 3.8) is 0 Å². The Bertz CT molecular complexity index is 350. The molecule has 0 aliphatic heterocycles. The van der Waals surface area contributed by atoms with Crippen molar-refractivity contribution in [1.29, 1.82) is 0 Å². The third-order valence-corrected chi connectivity index (χ3v) is 3.05. The van der Waals surface area contributed by atoms with Gasteiger partial charge >= 0.3 is 5.97 Å². The summed E-state index contributed by atoms with van der Waals surface area (Å²) in [5.41, 5.74) is 5.49. The van der Waals surface area contributed by atoms with Crippen LogP contribution in [-0.4, -0.2) is 39.9 Å². The number of rotatable bonds is 9. The van der Waals surface area contributed by atoms with Gasteiger partial charge in [0.25, 0.3) is 10.1 Å². The molecule has 2 N–H and O–H groups in total. The second kappa shape index (κ2) is 8.21. The molecule has 7 heteroatoms. The molecule has 0 aliphatic carbocycles. The lowest BCUT2D eigenvalue weighted by Crippen LogP contribution is -2.16. The molecule has 0 bridgehead atoms. The molecule has 0 fully saturated rings. The van der Waals surface area contributed by atoms with Crippen LogP contribution in [0.5, 0.6) is 0 Å². The molecule has 0 amide bonds. The minimum absolute atomic E-state index is 0.00360. The van der Waals surface area contributed by atoms with E-state index in [1.54, 1.807) is 0 Å². The third kappa shape index (κ3) is 8.84. The fourth-order valence-electron chi connectivity index (χ4n) is 0.852. The number of carbonyl (C=O) groups excluding carboxylic acids is 1. The fourth-order valence-corrected chi connectivity index (χ4v) is 1.86. The van der Waals surface area contributed by atoms with Gasteiger partial charge in [0.15, 0.2) is 0 Å². The lowest BCUT2D eigenvalue weighted by Gasteiger charge is -2.06. The summed E-state index contributed by atoms with van der Waals surface area (Å²) in [6, 6.07) is 0. The van der Waals surface area contributed by atoms with Gasteiger partial charge in [-0.2, -0.15) is 8.42 Å². The molecule has 0 aromatic heterocycles. The van der Waals surface area contributed by atoms with E-state index in [1.807, 2.05) is 0 Å². The number of nitrogens with two attached hydrogens (primary N) is 1. The molecule has 17 heavy (non-hydrogen) atoms. The highest BCUT2D eigenvalue weighted by molar-refractivity contribution is 7.86. The third-order valence-electron chi connectivity index (χ3n) is 1.73. The zero-order valence-electron chi connectivity index (χ0n) is 9.98. The summed E-state index contributed by atoms with van der Waals surface area (Å²) in [6.07, 6.45) is 0.688. The smallest absolute Gasteiger partial charge is 0.333 e. The summed E-state index contributed by atoms with van der Waals surface area (Å²) in [6.45, 7) is 5.36. The van der Waals surface area contributed by atoms with Gasteiger partial charge in [-0.25, -0.2) is 4.79 Å². The van der Waals surface area contributed by atoms with Crippen LogP contribution < -0.4 is 5.73 Å². The molecule has 0 heterocycles. The Labute approximate surface area is 102 Å². The molecule has 0 aromatic rings. The van der Waals surface area contributed by atoms with Gasteiger partial charge in [0, 0.05) is 12.0 Å². The quantitative estimate of drug-likeness (QED) is 0.277. The van der Waals surface area contributed by atoms with Crippen molar-refractivity contribution in [3.8, 4) is 0 Å². The Morgan fingerprint density at radius 1 is 1.29 bits per heavy atom. The van der Waals surface area contributed by atoms with Crippen molar-refractivity contribution < 1.29 is 22.1 Å². The normalized spacial score (nSPS) is 11.2. The van der Waals surface area contributed by atoms with Gasteiger partial charge in [-0.3, -0.25) is 4.18 Å². The summed E-state index contributed by atoms with van der Waals surface area (Å²) in [5, 5.41) is 0. The van der Waals surface area contributed by atoms with Gasteiger partial charge in [-0.15, -0.1) is 0 Å². The van der Waals surface area contributed by atoms with Crippen LogP contribution >= 0.6 is 0 Å². The molecule has 0 radical (unpaired) electrons. The molecule has 100 valence electrons. The van der Waals surface area contributed by atoms with Crippen LogP contribution in [0, 0.1) is 0 Å². The number of esters is 1. The number of carbonyl (C=O) groups is 1. The monoisotopic (exact) mass is 265 g/mol. The van der Waals surface area contributed by atoms with Gasteiger partial charge in [0.2, 0.25) is 0 Å². The van der Waals surface area contributed by atoms with Gasteiger partial charge in [-0.1, -0.05) is 6.58 Å². The van der Waals surface area contributed by atoms with Crippen molar-refractivity contribution in [1.82, 2.24) is 0 Å². The Hall–Kier alpha value is -0.920. The lowest BCUT2D eigenvalue weighted by molar-refractivity contribution is -0.139. The predicted octanol–water partition coefficient (Wildman–Crippen LogP) is 0.191. The molecule has 0 saturated heterocycles. The zero-order chi connectivity index (χ0) is 13.3. The maximum atomic E-state index is 11.2. The van der Waals surface area contributed by atoms with Crippen molar-refractivity contribution in [2.45, 2.75) is 19.8 Å². The van der Waals surface area contributed by atoms with Crippen molar-refractivity contribution in [2.75, 3.05) is 25.5 Å². The van der Waals surface area contributed by atoms with Crippen LogP contribution in [-0.2, 0) is 23.8 Å². The van der Waals surface area contributed by atoms with E-state index < -0.39 is 16.1 Å². The first-order valence-corrected chi connectivity index (χ1v) is 6.86. The van der Waals surface area contributed by atoms with Gasteiger partial charge < -0.3 is 10.5 Å². The average molecular weight is 265 g/mol. The molecule has 0 aliphatic rings. The van der Waals surface area contributed by atoms with Crippen molar-refractivity contribution >= 4 is 16.1 Å². The van der Waals surface area contributed by atoms with E-state index in [9.17, 15) is 13.2 Å². The van der Waals surface area contributed by atoms with Crippen molar-refractivity contribution in [3.05, 3.63) is 12.2 Å². The highest BCUT2D eigenvalue weighted by atomic mass is 32.2. The second-order valence-corrected chi connectivity index (χ2v) is 5.26. The molecule has 0 unspecified atom stereocenters. The maximum Gasteiger partial charge on any atom is 0.333 e. The first kappa shape index (κ1) is 16.1. The molecular formula is C10H19NO5S. The topological polar surface area (TPSA) is 95.7 Å². The lowest BCUT2D eigenvalue weighted by atomic mass is 10.4. The van der Waals surface area contributed by atoms with Crippen LogP contribution in [0.1, 0.15) is 19.8 Å². The Morgan fingerprint density at radius 2 is 1.94 bits per heavy atom. The Kier molecular flexibility index (Phi) is 7.77. The predicted molar refractivity (Wildman–Crippen MR) is 63.8 cm³/mol. The van der Waals surface area contributed by atoms with E-state index in [-0.39, 0.29) is 19.0 Å². The van der Waals surface area contributed by atoms with E-state index >= 15 is 0 Å². The molecular weight excluding hydrogens is 246 g/mol. The molecule has 6 nitrogen and oxygen atoms in total. The first-order valence-electron chi connectivity index (χ1n) is 5.29. The molecule has 0 atom stereocenters. The van der Waals surface area contributed by atoms with E-state index in [0.717, 1.165) is 0 Å². The summed E-state index contributed by atoms with van der Waals surface area (Å²) in [4.78, 5) is 10.9. The van der Waals surface area contributed by atoms with Gasteiger partial charge in [0.05, 0.1) is 19.0 Å². The molecule has 0 saturated carbocycles. The molecule has 0 spiro atoms. The molecule has 0 rings (SSSR count). The van der Waals surface area contributed by atoms with E-state index in [2.05, 4.69) is 10.8 Å². The summed E-state index contributed by atoms with van der Waals surface area (Å²) < 4.78 is 31.8. The zero-order valence-corrected chi connectivity index (χ0v) is 10.8. The van der Waals surface area contributed by atoms with E-state index in [1.165, 1.54) is 6.92 Å². The minimum Gasteiger partial charge on any atom is -0.462 e. The molecule has 0 aromatic carbocycles. The minimum atomic E-state index is -3.50.